The first-order valence-corrected chi connectivity index (χ1v) is 11.7. The number of rotatable bonds is 6. The van der Waals surface area contributed by atoms with Gasteiger partial charge < -0.3 is 14.6 Å². The predicted molar refractivity (Wildman–Crippen MR) is 105 cm³/mol. The molecule has 2 aliphatic rings. The van der Waals surface area contributed by atoms with Crippen LogP contribution in [0.25, 0.3) is 0 Å². The minimum absolute atomic E-state index is 0.0155. The van der Waals surface area contributed by atoms with Crippen LogP contribution in [0.1, 0.15) is 42.3 Å². The van der Waals surface area contributed by atoms with Gasteiger partial charge in [0.25, 0.3) is 5.91 Å². The third-order valence-corrected chi connectivity index (χ3v) is 7.41. The highest BCUT2D eigenvalue weighted by molar-refractivity contribution is 7.91. The Labute approximate surface area is 166 Å². The van der Waals surface area contributed by atoms with Gasteiger partial charge in [-0.1, -0.05) is 0 Å². The number of likely N-dealkylation sites (N-methyl/N-ethyl adjacent to an activating group) is 1. The number of piperidine rings is 1. The minimum Gasteiger partial charge on any atom is -0.459 e. The number of sulfone groups is 1. The summed E-state index contributed by atoms with van der Waals surface area (Å²) in [5.41, 5.74) is 0.814. The summed E-state index contributed by atoms with van der Waals surface area (Å²) in [6, 6.07) is 1.62. The van der Waals surface area contributed by atoms with Crippen molar-refractivity contribution < 1.29 is 22.4 Å². The standard InChI is InChI=1S/C19H29N3O5S/c1-3-22(16-7-11-28(25,26)13-16)17(23)12-21-8-4-15(5-9-21)20-19(24)18-14(2)6-10-27-18/h6,10,15-16H,3-5,7-9,11-13H2,1-2H3,(H,20,24). The van der Waals surface area contributed by atoms with Crippen LogP contribution in [-0.2, 0) is 14.6 Å². The Morgan fingerprint density at radius 3 is 2.54 bits per heavy atom. The van der Waals surface area contributed by atoms with Gasteiger partial charge in [0.15, 0.2) is 15.6 Å². The molecule has 1 N–H and O–H groups in total. The number of hydrogen-bond donors (Lipinski definition) is 1. The van der Waals surface area contributed by atoms with Gasteiger partial charge in [0, 0.05) is 37.3 Å². The molecule has 2 saturated heterocycles. The van der Waals surface area contributed by atoms with Crippen molar-refractivity contribution in [2.24, 2.45) is 0 Å². The zero-order chi connectivity index (χ0) is 20.3. The molecule has 2 fully saturated rings. The lowest BCUT2D eigenvalue weighted by Crippen LogP contribution is -2.50. The molecule has 2 amide bonds. The fraction of sp³-hybridized carbons (Fsp3) is 0.684. The molecule has 0 aromatic carbocycles. The van der Waals surface area contributed by atoms with E-state index in [1.54, 1.807) is 11.0 Å². The summed E-state index contributed by atoms with van der Waals surface area (Å²) in [6.07, 6.45) is 3.57. The number of carbonyl (C=O) groups excluding carboxylic acids is 2. The first-order chi connectivity index (χ1) is 13.3. The lowest BCUT2D eigenvalue weighted by Gasteiger charge is -2.34. The van der Waals surface area contributed by atoms with Crippen LogP contribution in [-0.4, -0.2) is 79.8 Å². The Hall–Kier alpha value is -1.87. The van der Waals surface area contributed by atoms with Crippen molar-refractivity contribution in [1.29, 1.82) is 0 Å². The SMILES string of the molecule is CCN(C(=O)CN1CCC(NC(=O)c2occc2C)CC1)C1CCS(=O)(=O)C1. The van der Waals surface area contributed by atoms with Crippen LogP contribution in [0.3, 0.4) is 0 Å². The molecule has 1 aromatic rings. The molecular formula is C19H29N3O5S. The zero-order valence-corrected chi connectivity index (χ0v) is 17.3. The van der Waals surface area contributed by atoms with Crippen molar-refractivity contribution >= 4 is 21.7 Å². The largest absolute Gasteiger partial charge is 0.459 e. The van der Waals surface area contributed by atoms with E-state index in [0.717, 1.165) is 18.4 Å². The van der Waals surface area contributed by atoms with Gasteiger partial charge in [-0.15, -0.1) is 0 Å². The van der Waals surface area contributed by atoms with Crippen LogP contribution in [0, 0.1) is 6.92 Å². The van der Waals surface area contributed by atoms with Gasteiger partial charge in [-0.05, 0) is 39.2 Å². The fourth-order valence-electron chi connectivity index (χ4n) is 4.03. The number of hydrogen-bond acceptors (Lipinski definition) is 6. The van der Waals surface area contributed by atoms with Gasteiger partial charge in [-0.2, -0.15) is 0 Å². The number of carbonyl (C=O) groups is 2. The lowest BCUT2D eigenvalue weighted by molar-refractivity contribution is -0.134. The van der Waals surface area contributed by atoms with Gasteiger partial charge in [0.1, 0.15) is 0 Å². The van der Waals surface area contributed by atoms with Crippen LogP contribution < -0.4 is 5.32 Å². The van der Waals surface area contributed by atoms with E-state index < -0.39 is 9.84 Å². The Morgan fingerprint density at radius 1 is 1.29 bits per heavy atom. The van der Waals surface area contributed by atoms with Crippen molar-refractivity contribution in [1.82, 2.24) is 15.1 Å². The van der Waals surface area contributed by atoms with Crippen molar-refractivity contribution in [2.45, 2.75) is 45.2 Å². The van der Waals surface area contributed by atoms with E-state index in [4.69, 9.17) is 4.42 Å². The molecule has 8 nitrogen and oxygen atoms in total. The molecule has 2 aliphatic heterocycles. The minimum atomic E-state index is -3.01. The molecule has 156 valence electrons. The highest BCUT2D eigenvalue weighted by Crippen LogP contribution is 2.19. The Morgan fingerprint density at radius 2 is 2.00 bits per heavy atom. The molecule has 1 atom stereocenters. The fourth-order valence-corrected chi connectivity index (χ4v) is 5.76. The van der Waals surface area contributed by atoms with Gasteiger partial charge in [0.05, 0.1) is 24.3 Å². The van der Waals surface area contributed by atoms with Crippen molar-refractivity contribution in [2.75, 3.05) is 37.7 Å². The van der Waals surface area contributed by atoms with E-state index in [1.807, 2.05) is 13.8 Å². The van der Waals surface area contributed by atoms with Crippen LogP contribution in [0.5, 0.6) is 0 Å². The molecule has 28 heavy (non-hydrogen) atoms. The van der Waals surface area contributed by atoms with E-state index in [-0.39, 0.29) is 35.4 Å². The molecule has 3 heterocycles. The average Bonchev–Trinajstić information content (AvgIpc) is 3.22. The molecule has 0 radical (unpaired) electrons. The zero-order valence-electron chi connectivity index (χ0n) is 16.5. The maximum absolute atomic E-state index is 12.7. The van der Waals surface area contributed by atoms with E-state index in [0.29, 0.717) is 38.4 Å². The summed E-state index contributed by atoms with van der Waals surface area (Å²) in [6.45, 7) is 5.97. The van der Waals surface area contributed by atoms with Crippen molar-refractivity contribution in [3.05, 3.63) is 23.7 Å². The van der Waals surface area contributed by atoms with Gasteiger partial charge in [0.2, 0.25) is 5.91 Å². The van der Waals surface area contributed by atoms with E-state index in [2.05, 4.69) is 10.2 Å². The number of furan rings is 1. The van der Waals surface area contributed by atoms with Crippen molar-refractivity contribution in [3.63, 3.8) is 0 Å². The third-order valence-electron chi connectivity index (χ3n) is 5.66. The Balaban J connectivity index is 1.46. The topological polar surface area (TPSA) is 99.9 Å². The van der Waals surface area contributed by atoms with Crippen LogP contribution in [0.2, 0.25) is 0 Å². The van der Waals surface area contributed by atoms with Gasteiger partial charge in [-0.25, -0.2) is 8.42 Å². The number of amides is 2. The summed E-state index contributed by atoms with van der Waals surface area (Å²) in [4.78, 5) is 28.7. The molecule has 0 aliphatic carbocycles. The molecule has 1 aromatic heterocycles. The quantitative estimate of drug-likeness (QED) is 0.744. The second kappa shape index (κ2) is 8.65. The molecule has 1 unspecified atom stereocenters. The highest BCUT2D eigenvalue weighted by atomic mass is 32.2. The number of aryl methyl sites for hydroxylation is 1. The summed E-state index contributed by atoms with van der Waals surface area (Å²) >= 11 is 0. The van der Waals surface area contributed by atoms with E-state index in [9.17, 15) is 18.0 Å². The number of likely N-dealkylation sites (tertiary alicyclic amines) is 1. The molecule has 9 heteroatoms. The molecule has 0 saturated carbocycles. The summed E-state index contributed by atoms with van der Waals surface area (Å²) in [7, 11) is -3.01. The summed E-state index contributed by atoms with van der Waals surface area (Å²) in [5, 5.41) is 3.00. The monoisotopic (exact) mass is 411 g/mol. The summed E-state index contributed by atoms with van der Waals surface area (Å²) < 4.78 is 28.7. The number of nitrogens with one attached hydrogen (secondary N) is 1. The maximum Gasteiger partial charge on any atom is 0.287 e. The summed E-state index contributed by atoms with van der Waals surface area (Å²) in [5.74, 6) is 0.381. The third kappa shape index (κ3) is 4.94. The second-order valence-corrected chi connectivity index (χ2v) is 9.92. The smallest absolute Gasteiger partial charge is 0.287 e. The van der Waals surface area contributed by atoms with Crippen LogP contribution in [0.4, 0.5) is 0 Å². The predicted octanol–water partition coefficient (Wildman–Crippen LogP) is 0.818. The Kier molecular flexibility index (Phi) is 6.44. The first kappa shape index (κ1) is 20.9. The van der Waals surface area contributed by atoms with E-state index in [1.165, 1.54) is 6.26 Å². The lowest BCUT2D eigenvalue weighted by atomic mass is 10.0. The molecule has 0 spiro atoms. The first-order valence-electron chi connectivity index (χ1n) is 9.86. The normalized spacial score (nSPS) is 22.9. The molecular weight excluding hydrogens is 382 g/mol. The van der Waals surface area contributed by atoms with E-state index >= 15 is 0 Å². The maximum atomic E-state index is 12.7. The van der Waals surface area contributed by atoms with Gasteiger partial charge >= 0.3 is 0 Å². The van der Waals surface area contributed by atoms with Crippen molar-refractivity contribution in [3.8, 4) is 0 Å². The average molecular weight is 412 g/mol. The second-order valence-electron chi connectivity index (χ2n) is 7.69. The Bertz CT molecular complexity index is 811. The van der Waals surface area contributed by atoms with Gasteiger partial charge in [-0.3, -0.25) is 14.5 Å². The number of nitrogens with zero attached hydrogens (tertiary/aromatic N) is 2. The van der Waals surface area contributed by atoms with Crippen LogP contribution in [0.15, 0.2) is 16.7 Å². The molecule has 3 rings (SSSR count). The molecule has 0 bridgehead atoms. The highest BCUT2D eigenvalue weighted by Gasteiger charge is 2.34. The van der Waals surface area contributed by atoms with Crippen LogP contribution >= 0.6 is 0 Å².